The molecule has 0 aromatic carbocycles. The molecule has 0 spiro atoms. The molecule has 0 aromatic heterocycles. The third-order valence-electron chi connectivity index (χ3n) is 3.19. The van der Waals surface area contributed by atoms with Crippen molar-refractivity contribution in [3.05, 3.63) is 12.2 Å². The topological polar surface area (TPSA) is 106 Å². The number of allylic oxidation sites excluding steroid dienone is 1. The van der Waals surface area contributed by atoms with Crippen LogP contribution in [0, 0.1) is 17.8 Å². The number of carbonyl (C=O) groups is 2. The monoisotopic (exact) mass is 196 g/mol. The lowest BCUT2D eigenvalue weighted by Gasteiger charge is -2.28. The van der Waals surface area contributed by atoms with Crippen LogP contribution in [0.1, 0.15) is 6.42 Å². The van der Waals surface area contributed by atoms with Gasteiger partial charge in [0.05, 0.1) is 17.4 Å². The first-order valence-electron chi connectivity index (χ1n) is 4.46. The number of hydrogen-bond donors (Lipinski definition) is 3. The van der Waals surface area contributed by atoms with Gasteiger partial charge in [-0.3, -0.25) is 9.59 Å². The SMILES string of the molecule is NC(=O)C1C2C=CC(O)(C2)C1C(N)=O. The zero-order valence-electron chi connectivity index (χ0n) is 7.51. The van der Waals surface area contributed by atoms with Crippen molar-refractivity contribution < 1.29 is 14.7 Å². The zero-order valence-corrected chi connectivity index (χ0v) is 7.51. The molecule has 0 aromatic rings. The normalized spacial score (nSPS) is 44.2. The maximum absolute atomic E-state index is 11.1. The second kappa shape index (κ2) is 2.57. The molecule has 5 heteroatoms. The molecule has 14 heavy (non-hydrogen) atoms. The van der Waals surface area contributed by atoms with E-state index in [0.717, 1.165) is 0 Å². The fraction of sp³-hybridized carbons (Fsp3) is 0.556. The van der Waals surface area contributed by atoms with Crippen molar-refractivity contribution in [1.29, 1.82) is 0 Å². The highest BCUT2D eigenvalue weighted by molar-refractivity contribution is 5.89. The molecule has 0 saturated heterocycles. The Kier molecular flexibility index (Phi) is 1.69. The molecule has 4 atom stereocenters. The average Bonchev–Trinajstić information content (AvgIpc) is 2.55. The number of rotatable bonds is 2. The van der Waals surface area contributed by atoms with Gasteiger partial charge >= 0.3 is 0 Å². The van der Waals surface area contributed by atoms with Crippen molar-refractivity contribution >= 4 is 11.8 Å². The fourth-order valence-electron chi connectivity index (χ4n) is 2.64. The van der Waals surface area contributed by atoms with Crippen LogP contribution in [0.15, 0.2) is 12.2 Å². The van der Waals surface area contributed by atoms with Crippen LogP contribution < -0.4 is 11.5 Å². The molecule has 2 amide bonds. The van der Waals surface area contributed by atoms with Crippen molar-refractivity contribution in [2.45, 2.75) is 12.0 Å². The van der Waals surface area contributed by atoms with Crippen LogP contribution in [0.2, 0.25) is 0 Å². The Morgan fingerprint density at radius 3 is 2.43 bits per heavy atom. The van der Waals surface area contributed by atoms with Crippen molar-refractivity contribution in [2.75, 3.05) is 0 Å². The summed E-state index contributed by atoms with van der Waals surface area (Å²) < 4.78 is 0. The summed E-state index contributed by atoms with van der Waals surface area (Å²) in [6.45, 7) is 0. The van der Waals surface area contributed by atoms with E-state index in [1.54, 1.807) is 12.2 Å². The van der Waals surface area contributed by atoms with E-state index in [9.17, 15) is 14.7 Å². The van der Waals surface area contributed by atoms with E-state index in [2.05, 4.69) is 0 Å². The molecule has 2 rings (SSSR count). The summed E-state index contributed by atoms with van der Waals surface area (Å²) in [5, 5.41) is 10.00. The van der Waals surface area contributed by atoms with Crippen LogP contribution in [0.5, 0.6) is 0 Å². The molecule has 0 aliphatic heterocycles. The molecule has 2 aliphatic rings. The third kappa shape index (κ3) is 0.988. The van der Waals surface area contributed by atoms with Crippen LogP contribution in [0.4, 0.5) is 0 Å². The maximum Gasteiger partial charge on any atom is 0.224 e. The van der Waals surface area contributed by atoms with E-state index in [0.29, 0.717) is 6.42 Å². The summed E-state index contributed by atoms with van der Waals surface area (Å²) in [4.78, 5) is 22.3. The number of hydrogen-bond acceptors (Lipinski definition) is 3. The zero-order chi connectivity index (χ0) is 10.5. The molecule has 76 valence electrons. The molecular weight excluding hydrogens is 184 g/mol. The molecular formula is C9H12N2O3. The largest absolute Gasteiger partial charge is 0.385 e. The van der Waals surface area contributed by atoms with Crippen LogP contribution in [-0.4, -0.2) is 22.5 Å². The van der Waals surface area contributed by atoms with E-state index < -0.39 is 29.3 Å². The first kappa shape index (κ1) is 9.21. The van der Waals surface area contributed by atoms with Gasteiger partial charge in [-0.25, -0.2) is 0 Å². The predicted molar refractivity (Wildman–Crippen MR) is 47.6 cm³/mol. The van der Waals surface area contributed by atoms with Crippen LogP contribution >= 0.6 is 0 Å². The second-order valence-corrected chi connectivity index (χ2v) is 4.03. The van der Waals surface area contributed by atoms with Gasteiger partial charge in [0.2, 0.25) is 11.8 Å². The van der Waals surface area contributed by atoms with Crippen molar-refractivity contribution in [3.8, 4) is 0 Å². The molecule has 1 saturated carbocycles. The van der Waals surface area contributed by atoms with Crippen LogP contribution in [0.25, 0.3) is 0 Å². The minimum Gasteiger partial charge on any atom is -0.385 e. The van der Waals surface area contributed by atoms with Crippen molar-refractivity contribution in [3.63, 3.8) is 0 Å². The number of amides is 2. The number of primary amides is 2. The molecule has 5 N–H and O–H groups in total. The molecule has 0 heterocycles. The van der Waals surface area contributed by atoms with Gasteiger partial charge in [-0.2, -0.15) is 0 Å². The van der Waals surface area contributed by atoms with E-state index in [-0.39, 0.29) is 5.92 Å². The maximum atomic E-state index is 11.1. The van der Waals surface area contributed by atoms with Gasteiger partial charge < -0.3 is 16.6 Å². The Labute approximate surface area is 80.8 Å². The molecule has 4 unspecified atom stereocenters. The summed E-state index contributed by atoms with van der Waals surface area (Å²) >= 11 is 0. The Balaban J connectivity index is 2.41. The van der Waals surface area contributed by atoms with Gasteiger partial charge in [0, 0.05) is 0 Å². The van der Waals surface area contributed by atoms with E-state index in [4.69, 9.17) is 11.5 Å². The second-order valence-electron chi connectivity index (χ2n) is 4.03. The van der Waals surface area contributed by atoms with Gasteiger partial charge in [-0.05, 0) is 12.3 Å². The van der Waals surface area contributed by atoms with Gasteiger partial charge in [0.1, 0.15) is 0 Å². The summed E-state index contributed by atoms with van der Waals surface area (Å²) in [6.07, 6.45) is 3.65. The quantitative estimate of drug-likeness (QED) is 0.468. The number of fused-ring (bicyclic) bond motifs is 2. The summed E-state index contributed by atoms with van der Waals surface area (Å²) in [7, 11) is 0. The van der Waals surface area contributed by atoms with E-state index >= 15 is 0 Å². The Bertz CT molecular complexity index is 339. The Hall–Kier alpha value is -1.36. The molecule has 1 fully saturated rings. The molecule has 2 bridgehead atoms. The highest BCUT2D eigenvalue weighted by atomic mass is 16.3. The van der Waals surface area contributed by atoms with Crippen molar-refractivity contribution in [2.24, 2.45) is 29.2 Å². The Morgan fingerprint density at radius 1 is 1.36 bits per heavy atom. The highest BCUT2D eigenvalue weighted by Crippen LogP contribution is 2.50. The lowest BCUT2D eigenvalue weighted by molar-refractivity contribution is -0.136. The van der Waals surface area contributed by atoms with Crippen LogP contribution in [0.3, 0.4) is 0 Å². The van der Waals surface area contributed by atoms with E-state index in [1.807, 2.05) is 0 Å². The average molecular weight is 196 g/mol. The third-order valence-corrected chi connectivity index (χ3v) is 3.19. The lowest BCUT2D eigenvalue weighted by Crippen LogP contribution is -2.47. The molecule has 2 aliphatic carbocycles. The minimum absolute atomic E-state index is 0.144. The highest BCUT2D eigenvalue weighted by Gasteiger charge is 2.58. The van der Waals surface area contributed by atoms with Crippen molar-refractivity contribution in [1.82, 2.24) is 0 Å². The van der Waals surface area contributed by atoms with Crippen LogP contribution in [-0.2, 0) is 9.59 Å². The first-order valence-corrected chi connectivity index (χ1v) is 4.46. The van der Waals surface area contributed by atoms with E-state index in [1.165, 1.54) is 0 Å². The number of nitrogens with two attached hydrogens (primary N) is 2. The minimum atomic E-state index is -1.25. The first-order chi connectivity index (χ1) is 6.46. The fourth-order valence-corrected chi connectivity index (χ4v) is 2.64. The smallest absolute Gasteiger partial charge is 0.224 e. The van der Waals surface area contributed by atoms with Gasteiger partial charge in [-0.1, -0.05) is 12.2 Å². The van der Waals surface area contributed by atoms with Gasteiger partial charge in [0.25, 0.3) is 0 Å². The molecule has 5 nitrogen and oxygen atoms in total. The predicted octanol–water partition coefficient (Wildman–Crippen LogP) is -1.49. The molecule has 0 radical (unpaired) electrons. The Morgan fingerprint density at radius 2 is 2.00 bits per heavy atom. The summed E-state index contributed by atoms with van der Waals surface area (Å²) in [6, 6.07) is 0. The van der Waals surface area contributed by atoms with Gasteiger partial charge in [-0.15, -0.1) is 0 Å². The summed E-state index contributed by atoms with van der Waals surface area (Å²) in [5.41, 5.74) is 9.08. The lowest BCUT2D eigenvalue weighted by atomic mass is 9.80. The number of carbonyl (C=O) groups excluding carboxylic acids is 2. The number of aliphatic hydroxyl groups is 1. The standard InChI is InChI=1S/C9H12N2O3/c10-7(12)5-4-1-2-9(14,3-4)6(5)8(11)13/h1-2,4-6,14H,3H2,(H2,10,12)(H2,11,13). The summed E-state index contributed by atoms with van der Waals surface area (Å²) in [5.74, 6) is -2.89. The van der Waals surface area contributed by atoms with Gasteiger partial charge in [0.15, 0.2) is 0 Å².